The Balaban J connectivity index is 2.05. The number of fused-ring (bicyclic) bond motifs is 1. The Morgan fingerprint density at radius 1 is 0.850 bits per heavy atom. The number of halogens is 3. The minimum absolute atomic E-state index is 0.433. The summed E-state index contributed by atoms with van der Waals surface area (Å²) in [7, 11) is 0. The van der Waals surface area contributed by atoms with E-state index in [4.69, 9.17) is 45.0 Å². The standard InChI is InChI=1S/C15H10Cl3NO/c16-10-1-2-13-8(3-10)6-14(20-13)15(19)9-4-11(17)7-12(18)5-9/h1-7,15H,19H2. The first-order chi connectivity index (χ1) is 9.52. The van der Waals surface area contributed by atoms with Crippen molar-refractivity contribution in [3.05, 3.63) is 68.9 Å². The summed E-state index contributed by atoms with van der Waals surface area (Å²) in [6, 6.07) is 12.1. The van der Waals surface area contributed by atoms with Crippen LogP contribution in [0.3, 0.4) is 0 Å². The Morgan fingerprint density at radius 2 is 1.55 bits per heavy atom. The van der Waals surface area contributed by atoms with Crippen LogP contribution in [0.4, 0.5) is 0 Å². The highest BCUT2D eigenvalue weighted by Gasteiger charge is 2.15. The predicted octanol–water partition coefficient (Wildman–Crippen LogP) is 5.44. The molecule has 0 aliphatic rings. The van der Waals surface area contributed by atoms with Crippen molar-refractivity contribution in [2.75, 3.05) is 0 Å². The van der Waals surface area contributed by atoms with Crippen molar-refractivity contribution in [3.8, 4) is 0 Å². The molecule has 5 heteroatoms. The molecule has 0 fully saturated rings. The summed E-state index contributed by atoms with van der Waals surface area (Å²) in [5.74, 6) is 0.639. The molecule has 1 heterocycles. The van der Waals surface area contributed by atoms with E-state index in [0.29, 0.717) is 20.8 Å². The van der Waals surface area contributed by atoms with E-state index in [0.717, 1.165) is 16.5 Å². The SMILES string of the molecule is NC(c1cc(Cl)cc(Cl)c1)c1cc2cc(Cl)ccc2o1. The molecule has 0 bridgehead atoms. The van der Waals surface area contributed by atoms with E-state index in [-0.39, 0.29) is 0 Å². The molecule has 0 saturated heterocycles. The third-order valence-corrected chi connectivity index (χ3v) is 3.72. The predicted molar refractivity (Wildman–Crippen MR) is 83.7 cm³/mol. The van der Waals surface area contributed by atoms with Gasteiger partial charge in [-0.3, -0.25) is 0 Å². The maximum Gasteiger partial charge on any atom is 0.134 e. The van der Waals surface area contributed by atoms with Crippen LogP contribution in [0, 0.1) is 0 Å². The topological polar surface area (TPSA) is 39.2 Å². The normalized spacial score (nSPS) is 12.8. The number of furan rings is 1. The van der Waals surface area contributed by atoms with E-state index in [9.17, 15) is 0 Å². The van der Waals surface area contributed by atoms with Gasteiger partial charge in [0.1, 0.15) is 11.3 Å². The molecule has 20 heavy (non-hydrogen) atoms. The second-order valence-corrected chi connectivity index (χ2v) is 5.82. The quantitative estimate of drug-likeness (QED) is 0.681. The number of hydrogen-bond acceptors (Lipinski definition) is 2. The molecule has 0 aliphatic heterocycles. The molecule has 3 rings (SSSR count). The van der Waals surface area contributed by atoms with Crippen molar-refractivity contribution in [1.29, 1.82) is 0 Å². The summed E-state index contributed by atoms with van der Waals surface area (Å²) >= 11 is 17.9. The number of rotatable bonds is 2. The van der Waals surface area contributed by atoms with E-state index < -0.39 is 6.04 Å². The highest BCUT2D eigenvalue weighted by atomic mass is 35.5. The maximum atomic E-state index is 6.21. The van der Waals surface area contributed by atoms with Crippen LogP contribution in [0.1, 0.15) is 17.4 Å². The Kier molecular flexibility index (Phi) is 3.65. The van der Waals surface area contributed by atoms with Gasteiger partial charge in [0.05, 0.1) is 6.04 Å². The van der Waals surface area contributed by atoms with Crippen LogP contribution in [-0.2, 0) is 0 Å². The lowest BCUT2D eigenvalue weighted by atomic mass is 10.1. The lowest BCUT2D eigenvalue weighted by Gasteiger charge is -2.10. The van der Waals surface area contributed by atoms with Gasteiger partial charge < -0.3 is 10.2 Å². The first kappa shape index (κ1) is 13.8. The van der Waals surface area contributed by atoms with Gasteiger partial charge in [-0.25, -0.2) is 0 Å². The average Bonchev–Trinajstić information content (AvgIpc) is 2.79. The minimum Gasteiger partial charge on any atom is -0.459 e. The van der Waals surface area contributed by atoms with Crippen molar-refractivity contribution >= 4 is 45.8 Å². The van der Waals surface area contributed by atoms with E-state index in [1.54, 1.807) is 24.3 Å². The van der Waals surface area contributed by atoms with E-state index in [1.807, 2.05) is 18.2 Å². The van der Waals surface area contributed by atoms with Gasteiger partial charge in [0.2, 0.25) is 0 Å². The van der Waals surface area contributed by atoms with Crippen molar-refractivity contribution < 1.29 is 4.42 Å². The summed E-state index contributed by atoms with van der Waals surface area (Å²) in [4.78, 5) is 0. The van der Waals surface area contributed by atoms with Crippen LogP contribution >= 0.6 is 34.8 Å². The first-order valence-electron chi connectivity index (χ1n) is 5.93. The lowest BCUT2D eigenvalue weighted by molar-refractivity contribution is 0.525. The molecule has 2 aromatic carbocycles. The zero-order chi connectivity index (χ0) is 14.3. The molecular formula is C15H10Cl3NO. The average molecular weight is 327 g/mol. The van der Waals surface area contributed by atoms with Crippen molar-refractivity contribution in [3.63, 3.8) is 0 Å². The Hall–Kier alpha value is -1.19. The largest absolute Gasteiger partial charge is 0.459 e. The fourth-order valence-electron chi connectivity index (χ4n) is 2.11. The molecule has 0 radical (unpaired) electrons. The molecule has 1 aromatic heterocycles. The van der Waals surface area contributed by atoms with Crippen LogP contribution in [-0.4, -0.2) is 0 Å². The van der Waals surface area contributed by atoms with Gasteiger partial charge in [-0.15, -0.1) is 0 Å². The molecule has 0 aliphatic carbocycles. The molecule has 102 valence electrons. The third-order valence-electron chi connectivity index (χ3n) is 3.05. The molecule has 1 atom stereocenters. The fraction of sp³-hybridized carbons (Fsp3) is 0.0667. The fourth-order valence-corrected chi connectivity index (χ4v) is 2.83. The molecule has 2 nitrogen and oxygen atoms in total. The van der Waals surface area contributed by atoms with Gasteiger partial charge in [0, 0.05) is 20.5 Å². The lowest BCUT2D eigenvalue weighted by Crippen LogP contribution is -2.10. The third kappa shape index (κ3) is 2.65. The smallest absolute Gasteiger partial charge is 0.134 e. The number of nitrogens with two attached hydrogens (primary N) is 1. The van der Waals surface area contributed by atoms with E-state index in [1.165, 1.54) is 0 Å². The summed E-state index contributed by atoms with van der Waals surface area (Å²) < 4.78 is 5.75. The molecule has 0 amide bonds. The minimum atomic E-state index is -0.433. The van der Waals surface area contributed by atoms with Crippen LogP contribution < -0.4 is 5.73 Å². The molecule has 3 aromatic rings. The molecular weight excluding hydrogens is 317 g/mol. The highest BCUT2D eigenvalue weighted by Crippen LogP contribution is 2.30. The molecule has 0 spiro atoms. The number of hydrogen-bond donors (Lipinski definition) is 1. The van der Waals surface area contributed by atoms with Gasteiger partial charge in [0.25, 0.3) is 0 Å². The molecule has 1 unspecified atom stereocenters. The van der Waals surface area contributed by atoms with Crippen LogP contribution in [0.25, 0.3) is 11.0 Å². The zero-order valence-electron chi connectivity index (χ0n) is 10.2. The van der Waals surface area contributed by atoms with Crippen molar-refractivity contribution in [1.82, 2.24) is 0 Å². The van der Waals surface area contributed by atoms with Gasteiger partial charge in [-0.05, 0) is 48.0 Å². The first-order valence-corrected chi connectivity index (χ1v) is 7.07. The highest BCUT2D eigenvalue weighted by molar-refractivity contribution is 6.34. The Bertz CT molecular complexity index is 762. The van der Waals surface area contributed by atoms with E-state index >= 15 is 0 Å². The summed E-state index contributed by atoms with van der Waals surface area (Å²) in [6.45, 7) is 0. The second-order valence-electron chi connectivity index (χ2n) is 4.51. The van der Waals surface area contributed by atoms with Crippen molar-refractivity contribution in [2.45, 2.75) is 6.04 Å². The van der Waals surface area contributed by atoms with Crippen LogP contribution in [0.5, 0.6) is 0 Å². The molecule has 2 N–H and O–H groups in total. The van der Waals surface area contributed by atoms with Crippen LogP contribution in [0.15, 0.2) is 46.9 Å². The molecule has 0 saturated carbocycles. The van der Waals surface area contributed by atoms with Gasteiger partial charge in [0.15, 0.2) is 0 Å². The van der Waals surface area contributed by atoms with Gasteiger partial charge in [-0.1, -0.05) is 34.8 Å². The zero-order valence-corrected chi connectivity index (χ0v) is 12.5. The van der Waals surface area contributed by atoms with Crippen LogP contribution in [0.2, 0.25) is 15.1 Å². The summed E-state index contributed by atoms with van der Waals surface area (Å²) in [5, 5.41) is 2.66. The van der Waals surface area contributed by atoms with Crippen molar-refractivity contribution in [2.24, 2.45) is 5.73 Å². The van der Waals surface area contributed by atoms with Gasteiger partial charge in [-0.2, -0.15) is 0 Å². The van der Waals surface area contributed by atoms with E-state index in [2.05, 4.69) is 0 Å². The van der Waals surface area contributed by atoms with Gasteiger partial charge >= 0.3 is 0 Å². The monoisotopic (exact) mass is 325 g/mol. The second kappa shape index (κ2) is 5.30. The summed E-state index contributed by atoms with van der Waals surface area (Å²) in [5.41, 5.74) is 7.75. The Morgan fingerprint density at radius 3 is 2.25 bits per heavy atom. The summed E-state index contributed by atoms with van der Waals surface area (Å²) in [6.07, 6.45) is 0. The Labute approximate surface area is 131 Å². The maximum absolute atomic E-state index is 6.21. The number of benzene rings is 2.